The quantitative estimate of drug-likeness (QED) is 0.793. The maximum atomic E-state index is 12.3. The van der Waals surface area contributed by atoms with Crippen molar-refractivity contribution in [2.24, 2.45) is 0 Å². The number of methoxy groups -OCH3 is 2. The van der Waals surface area contributed by atoms with Crippen LogP contribution in [0.15, 0.2) is 36.7 Å². The van der Waals surface area contributed by atoms with E-state index >= 15 is 0 Å². The van der Waals surface area contributed by atoms with Gasteiger partial charge in [-0.15, -0.1) is 0 Å². The average Bonchev–Trinajstić information content (AvgIpc) is 3.20. The minimum atomic E-state index is -0.168. The maximum absolute atomic E-state index is 12.3. The lowest BCUT2D eigenvalue weighted by molar-refractivity contribution is 0.0857. The van der Waals surface area contributed by atoms with Crippen LogP contribution in [0.5, 0.6) is 11.5 Å². The van der Waals surface area contributed by atoms with E-state index in [1.54, 1.807) is 38.7 Å². The van der Waals surface area contributed by atoms with Crippen LogP contribution in [0.3, 0.4) is 0 Å². The standard InChI is InChI=1S/C19H23N3O4/c1-24-15-5-6-17(18(9-15)25-2)22-14-8-13(10-20-11-14)19(23)21-12-16-4-3-7-26-16/h5-6,8-11,16,22H,3-4,7,12H2,1-2H3,(H,21,23). The van der Waals surface area contributed by atoms with Crippen LogP contribution in [-0.4, -0.2) is 44.4 Å². The molecule has 0 radical (unpaired) electrons. The zero-order valence-electron chi connectivity index (χ0n) is 15.0. The molecule has 1 amide bonds. The van der Waals surface area contributed by atoms with Gasteiger partial charge in [0.25, 0.3) is 5.91 Å². The van der Waals surface area contributed by atoms with E-state index in [1.165, 1.54) is 0 Å². The second kappa shape index (κ2) is 8.53. The molecule has 1 saturated heterocycles. The van der Waals surface area contributed by atoms with Crippen molar-refractivity contribution < 1.29 is 19.0 Å². The summed E-state index contributed by atoms with van der Waals surface area (Å²) < 4.78 is 16.1. The molecule has 7 heteroatoms. The number of anilines is 2. The Labute approximate surface area is 152 Å². The molecule has 1 aromatic heterocycles. The molecule has 1 aliphatic rings. The Bertz CT molecular complexity index is 760. The summed E-state index contributed by atoms with van der Waals surface area (Å²) in [6.07, 6.45) is 5.33. The Morgan fingerprint density at radius 1 is 1.27 bits per heavy atom. The van der Waals surface area contributed by atoms with E-state index in [-0.39, 0.29) is 12.0 Å². The van der Waals surface area contributed by atoms with Gasteiger partial charge in [-0.05, 0) is 31.0 Å². The van der Waals surface area contributed by atoms with Crippen LogP contribution in [-0.2, 0) is 4.74 Å². The number of hydrogen-bond donors (Lipinski definition) is 2. The number of amides is 1. The largest absolute Gasteiger partial charge is 0.497 e. The van der Waals surface area contributed by atoms with Crippen molar-refractivity contribution in [2.45, 2.75) is 18.9 Å². The molecule has 7 nitrogen and oxygen atoms in total. The van der Waals surface area contributed by atoms with E-state index in [1.807, 2.05) is 12.1 Å². The average molecular weight is 357 g/mol. The number of carbonyl (C=O) groups excluding carboxylic acids is 1. The van der Waals surface area contributed by atoms with Gasteiger partial charge in [0, 0.05) is 25.4 Å². The Morgan fingerprint density at radius 2 is 2.15 bits per heavy atom. The minimum absolute atomic E-state index is 0.108. The summed E-state index contributed by atoms with van der Waals surface area (Å²) in [4.78, 5) is 16.5. The van der Waals surface area contributed by atoms with E-state index < -0.39 is 0 Å². The van der Waals surface area contributed by atoms with E-state index in [4.69, 9.17) is 14.2 Å². The van der Waals surface area contributed by atoms with Gasteiger partial charge in [-0.1, -0.05) is 0 Å². The Balaban J connectivity index is 1.68. The third-order valence-electron chi connectivity index (χ3n) is 4.20. The Kier molecular flexibility index (Phi) is 5.91. The number of nitrogens with one attached hydrogen (secondary N) is 2. The number of nitrogens with zero attached hydrogens (tertiary/aromatic N) is 1. The number of carbonyl (C=O) groups is 1. The molecule has 1 atom stereocenters. The third kappa shape index (κ3) is 4.43. The fourth-order valence-electron chi connectivity index (χ4n) is 2.80. The van der Waals surface area contributed by atoms with Crippen molar-refractivity contribution in [1.29, 1.82) is 0 Å². The number of ether oxygens (including phenoxy) is 3. The molecule has 1 unspecified atom stereocenters. The fourth-order valence-corrected chi connectivity index (χ4v) is 2.80. The van der Waals surface area contributed by atoms with Gasteiger partial charge in [0.05, 0.1) is 43.5 Å². The van der Waals surface area contributed by atoms with Crippen molar-refractivity contribution in [3.63, 3.8) is 0 Å². The number of pyridine rings is 1. The van der Waals surface area contributed by atoms with Gasteiger partial charge in [-0.2, -0.15) is 0 Å². The van der Waals surface area contributed by atoms with Crippen molar-refractivity contribution in [2.75, 3.05) is 32.7 Å². The molecule has 26 heavy (non-hydrogen) atoms. The monoisotopic (exact) mass is 357 g/mol. The first-order valence-corrected chi connectivity index (χ1v) is 8.53. The molecule has 2 N–H and O–H groups in total. The zero-order chi connectivity index (χ0) is 18.4. The van der Waals surface area contributed by atoms with Crippen molar-refractivity contribution in [3.05, 3.63) is 42.2 Å². The number of hydrogen-bond acceptors (Lipinski definition) is 6. The molecule has 0 aliphatic carbocycles. The van der Waals surface area contributed by atoms with Crippen LogP contribution in [0.25, 0.3) is 0 Å². The predicted octanol–water partition coefficient (Wildman–Crippen LogP) is 2.75. The van der Waals surface area contributed by atoms with Crippen LogP contribution < -0.4 is 20.1 Å². The molecule has 1 fully saturated rings. The van der Waals surface area contributed by atoms with E-state index in [0.29, 0.717) is 29.3 Å². The first-order chi connectivity index (χ1) is 12.7. The molecule has 2 aromatic rings. The molecular formula is C19H23N3O4. The number of aromatic nitrogens is 1. The number of benzene rings is 1. The van der Waals surface area contributed by atoms with Crippen LogP contribution in [0.4, 0.5) is 11.4 Å². The van der Waals surface area contributed by atoms with Crippen molar-refractivity contribution >= 4 is 17.3 Å². The lowest BCUT2D eigenvalue weighted by Crippen LogP contribution is -2.31. The highest BCUT2D eigenvalue weighted by Crippen LogP contribution is 2.31. The van der Waals surface area contributed by atoms with Crippen LogP contribution in [0.1, 0.15) is 23.2 Å². The summed E-state index contributed by atoms with van der Waals surface area (Å²) in [5, 5.41) is 6.12. The minimum Gasteiger partial charge on any atom is -0.497 e. The summed E-state index contributed by atoms with van der Waals surface area (Å²) in [5.74, 6) is 1.17. The van der Waals surface area contributed by atoms with Crippen LogP contribution >= 0.6 is 0 Å². The summed E-state index contributed by atoms with van der Waals surface area (Å²) in [5.41, 5.74) is 1.94. The first kappa shape index (κ1) is 18.0. The van der Waals surface area contributed by atoms with Crippen LogP contribution in [0.2, 0.25) is 0 Å². The molecule has 0 saturated carbocycles. The van der Waals surface area contributed by atoms with E-state index in [2.05, 4.69) is 15.6 Å². The van der Waals surface area contributed by atoms with Gasteiger partial charge in [-0.3, -0.25) is 9.78 Å². The Morgan fingerprint density at radius 3 is 2.88 bits per heavy atom. The maximum Gasteiger partial charge on any atom is 0.253 e. The molecule has 138 valence electrons. The van der Waals surface area contributed by atoms with Gasteiger partial charge in [0.1, 0.15) is 11.5 Å². The highest BCUT2D eigenvalue weighted by molar-refractivity contribution is 5.94. The molecule has 0 bridgehead atoms. The third-order valence-corrected chi connectivity index (χ3v) is 4.20. The summed E-state index contributed by atoms with van der Waals surface area (Å²) >= 11 is 0. The highest BCUT2D eigenvalue weighted by atomic mass is 16.5. The zero-order valence-corrected chi connectivity index (χ0v) is 15.0. The highest BCUT2D eigenvalue weighted by Gasteiger charge is 2.17. The number of rotatable bonds is 7. The molecule has 2 heterocycles. The summed E-state index contributed by atoms with van der Waals surface area (Å²) in [6.45, 7) is 1.29. The lowest BCUT2D eigenvalue weighted by Gasteiger charge is -2.13. The molecule has 0 spiro atoms. The van der Waals surface area contributed by atoms with Crippen LogP contribution in [0, 0.1) is 0 Å². The smallest absolute Gasteiger partial charge is 0.253 e. The van der Waals surface area contributed by atoms with Crippen molar-refractivity contribution in [1.82, 2.24) is 10.3 Å². The van der Waals surface area contributed by atoms with Gasteiger partial charge in [0.2, 0.25) is 0 Å². The van der Waals surface area contributed by atoms with Gasteiger partial charge in [-0.25, -0.2) is 0 Å². The van der Waals surface area contributed by atoms with Gasteiger partial charge < -0.3 is 24.8 Å². The second-order valence-electron chi connectivity index (χ2n) is 6.00. The van der Waals surface area contributed by atoms with Gasteiger partial charge >= 0.3 is 0 Å². The Hall–Kier alpha value is -2.80. The topological polar surface area (TPSA) is 81.7 Å². The summed E-state index contributed by atoms with van der Waals surface area (Å²) in [6, 6.07) is 7.22. The second-order valence-corrected chi connectivity index (χ2v) is 6.00. The fraction of sp³-hybridized carbons (Fsp3) is 0.368. The normalized spacial score (nSPS) is 16.2. The van der Waals surface area contributed by atoms with Crippen molar-refractivity contribution in [3.8, 4) is 11.5 Å². The lowest BCUT2D eigenvalue weighted by atomic mass is 10.2. The van der Waals surface area contributed by atoms with Gasteiger partial charge in [0.15, 0.2) is 0 Å². The predicted molar refractivity (Wildman–Crippen MR) is 98.4 cm³/mol. The van der Waals surface area contributed by atoms with E-state index in [0.717, 1.165) is 25.1 Å². The molecule has 1 aromatic carbocycles. The SMILES string of the molecule is COc1ccc(Nc2cncc(C(=O)NCC3CCCO3)c2)c(OC)c1. The molecule has 3 rings (SSSR count). The summed E-state index contributed by atoms with van der Waals surface area (Å²) in [7, 11) is 3.19. The first-order valence-electron chi connectivity index (χ1n) is 8.53. The molecule has 1 aliphatic heterocycles. The van der Waals surface area contributed by atoms with E-state index in [9.17, 15) is 4.79 Å². The molecular weight excluding hydrogens is 334 g/mol.